The van der Waals surface area contributed by atoms with Gasteiger partial charge in [0.25, 0.3) is 0 Å². The molecule has 0 spiro atoms. The summed E-state index contributed by atoms with van der Waals surface area (Å²) in [6.45, 7) is 2.44. The molecule has 6 heteroatoms. The van der Waals surface area contributed by atoms with Crippen molar-refractivity contribution in [3.8, 4) is 6.07 Å². The molecule has 0 saturated heterocycles. The highest BCUT2D eigenvalue weighted by Crippen LogP contribution is 2.22. The summed E-state index contributed by atoms with van der Waals surface area (Å²) in [7, 11) is 0. The molecule has 0 unspecified atom stereocenters. The van der Waals surface area contributed by atoms with E-state index in [-0.39, 0.29) is 12.5 Å². The van der Waals surface area contributed by atoms with Crippen molar-refractivity contribution >= 4 is 17.4 Å². The van der Waals surface area contributed by atoms with Gasteiger partial charge in [-0.1, -0.05) is 30.3 Å². The second kappa shape index (κ2) is 9.10. The first-order chi connectivity index (χ1) is 14.7. The third kappa shape index (κ3) is 4.76. The number of nitrogens with zero attached hydrogens (tertiary/aromatic N) is 3. The highest BCUT2D eigenvalue weighted by molar-refractivity contribution is 5.80. The van der Waals surface area contributed by atoms with Crippen molar-refractivity contribution in [3.05, 3.63) is 89.1 Å². The van der Waals surface area contributed by atoms with E-state index in [0.717, 1.165) is 36.6 Å². The van der Waals surface area contributed by atoms with Crippen LogP contribution in [0.1, 0.15) is 22.3 Å². The van der Waals surface area contributed by atoms with Crippen LogP contribution in [0.2, 0.25) is 0 Å². The SMILES string of the molecule is N#Cc1ccc(NCC(=O)NCc2ccc(N3CCc4ccccc4C3)nc2)cc1. The molecular weight excluding hydrogens is 374 g/mol. The van der Waals surface area contributed by atoms with Gasteiger partial charge in [0, 0.05) is 31.5 Å². The maximum Gasteiger partial charge on any atom is 0.239 e. The molecule has 0 radical (unpaired) electrons. The van der Waals surface area contributed by atoms with Crippen LogP contribution in [0.25, 0.3) is 0 Å². The van der Waals surface area contributed by atoms with E-state index >= 15 is 0 Å². The van der Waals surface area contributed by atoms with Crippen molar-refractivity contribution in [2.45, 2.75) is 19.5 Å². The molecule has 6 nitrogen and oxygen atoms in total. The molecule has 3 aromatic rings. The monoisotopic (exact) mass is 397 g/mol. The van der Waals surface area contributed by atoms with Crippen molar-refractivity contribution in [1.82, 2.24) is 10.3 Å². The van der Waals surface area contributed by atoms with Crippen molar-refractivity contribution in [2.75, 3.05) is 23.3 Å². The van der Waals surface area contributed by atoms with E-state index in [1.165, 1.54) is 11.1 Å². The standard InChI is InChI=1S/C24H23N5O/c25-13-18-5-8-22(9-6-18)26-16-24(30)28-15-19-7-10-23(27-14-19)29-12-11-20-3-1-2-4-21(20)17-29/h1-10,14,26H,11-12,15-17H2,(H,28,30). The predicted molar refractivity (Wildman–Crippen MR) is 117 cm³/mol. The van der Waals surface area contributed by atoms with E-state index in [4.69, 9.17) is 5.26 Å². The average Bonchev–Trinajstić information content (AvgIpc) is 2.81. The number of carbonyl (C=O) groups excluding carboxylic acids is 1. The topological polar surface area (TPSA) is 81.0 Å². The van der Waals surface area contributed by atoms with Gasteiger partial charge in [-0.2, -0.15) is 5.26 Å². The molecule has 0 atom stereocenters. The highest BCUT2D eigenvalue weighted by atomic mass is 16.1. The lowest BCUT2D eigenvalue weighted by Crippen LogP contribution is -2.31. The third-order valence-electron chi connectivity index (χ3n) is 5.22. The summed E-state index contributed by atoms with van der Waals surface area (Å²) in [6, 6.07) is 21.7. The molecule has 2 heterocycles. The van der Waals surface area contributed by atoms with Crippen LogP contribution in [-0.2, 0) is 24.3 Å². The predicted octanol–water partition coefficient (Wildman–Crippen LogP) is 3.24. The molecular formula is C24H23N5O. The molecule has 0 bridgehead atoms. The van der Waals surface area contributed by atoms with Gasteiger partial charge in [-0.05, 0) is 53.4 Å². The van der Waals surface area contributed by atoms with Gasteiger partial charge < -0.3 is 15.5 Å². The maximum atomic E-state index is 12.1. The Morgan fingerprint density at radius 1 is 1.07 bits per heavy atom. The molecule has 1 aliphatic heterocycles. The van der Waals surface area contributed by atoms with Gasteiger partial charge in [0.05, 0.1) is 18.2 Å². The van der Waals surface area contributed by atoms with Gasteiger partial charge in [-0.25, -0.2) is 4.98 Å². The summed E-state index contributed by atoms with van der Waals surface area (Å²) >= 11 is 0. The number of fused-ring (bicyclic) bond motifs is 1. The Hall–Kier alpha value is -3.85. The molecule has 2 aromatic carbocycles. The molecule has 30 heavy (non-hydrogen) atoms. The number of hydrogen-bond acceptors (Lipinski definition) is 5. The third-order valence-corrected chi connectivity index (χ3v) is 5.22. The quantitative estimate of drug-likeness (QED) is 0.667. The van der Waals surface area contributed by atoms with E-state index in [1.807, 2.05) is 18.3 Å². The molecule has 150 valence electrons. The van der Waals surface area contributed by atoms with Crippen LogP contribution in [0.4, 0.5) is 11.5 Å². The van der Waals surface area contributed by atoms with E-state index < -0.39 is 0 Å². The van der Waals surface area contributed by atoms with Crippen LogP contribution in [-0.4, -0.2) is 24.0 Å². The zero-order valence-corrected chi connectivity index (χ0v) is 16.6. The van der Waals surface area contributed by atoms with Crippen molar-refractivity contribution in [3.63, 3.8) is 0 Å². The Bertz CT molecular complexity index is 1050. The lowest BCUT2D eigenvalue weighted by molar-refractivity contribution is -0.119. The van der Waals surface area contributed by atoms with Gasteiger partial charge in [0.15, 0.2) is 0 Å². The summed E-state index contributed by atoms with van der Waals surface area (Å²) in [6.07, 6.45) is 2.85. The Labute approximate surface area is 176 Å². The second-order valence-corrected chi connectivity index (χ2v) is 7.28. The minimum atomic E-state index is -0.101. The second-order valence-electron chi connectivity index (χ2n) is 7.28. The van der Waals surface area contributed by atoms with Gasteiger partial charge in [-0.3, -0.25) is 4.79 Å². The van der Waals surface area contributed by atoms with E-state index in [9.17, 15) is 4.79 Å². The molecule has 1 aromatic heterocycles. The number of benzene rings is 2. The van der Waals surface area contributed by atoms with Crippen LogP contribution in [0.15, 0.2) is 66.9 Å². The maximum absolute atomic E-state index is 12.1. The number of hydrogen-bond donors (Lipinski definition) is 2. The minimum absolute atomic E-state index is 0.101. The fraction of sp³-hybridized carbons (Fsp3) is 0.208. The average molecular weight is 397 g/mol. The number of aromatic nitrogens is 1. The van der Waals surface area contributed by atoms with E-state index in [1.54, 1.807) is 24.3 Å². The fourth-order valence-electron chi connectivity index (χ4n) is 3.51. The van der Waals surface area contributed by atoms with E-state index in [2.05, 4.69) is 50.9 Å². The minimum Gasteiger partial charge on any atom is -0.376 e. The molecule has 2 N–H and O–H groups in total. The lowest BCUT2D eigenvalue weighted by Gasteiger charge is -2.29. The zero-order valence-electron chi connectivity index (χ0n) is 16.6. The molecule has 1 amide bonds. The number of rotatable bonds is 6. The van der Waals surface area contributed by atoms with Gasteiger partial charge in [0.2, 0.25) is 5.91 Å². The summed E-state index contributed by atoms with van der Waals surface area (Å²) in [5, 5.41) is 14.8. The first-order valence-corrected chi connectivity index (χ1v) is 9.98. The van der Waals surface area contributed by atoms with Gasteiger partial charge >= 0.3 is 0 Å². The number of nitrogens with one attached hydrogen (secondary N) is 2. The summed E-state index contributed by atoms with van der Waals surface area (Å²) in [5.41, 5.74) is 5.13. The number of anilines is 2. The molecule has 0 saturated carbocycles. The molecule has 0 aliphatic carbocycles. The zero-order chi connectivity index (χ0) is 20.8. The Balaban J connectivity index is 1.25. The van der Waals surface area contributed by atoms with Crippen LogP contribution < -0.4 is 15.5 Å². The van der Waals surface area contributed by atoms with Crippen LogP contribution in [0.3, 0.4) is 0 Å². The number of amides is 1. The Kier molecular flexibility index (Phi) is 5.90. The number of nitriles is 1. The number of pyridine rings is 1. The smallest absolute Gasteiger partial charge is 0.239 e. The molecule has 0 fully saturated rings. The molecule has 1 aliphatic rings. The van der Waals surface area contributed by atoms with E-state index in [0.29, 0.717) is 12.1 Å². The van der Waals surface area contributed by atoms with Crippen LogP contribution in [0.5, 0.6) is 0 Å². The first kappa shape index (κ1) is 19.5. The van der Waals surface area contributed by atoms with Gasteiger partial charge in [-0.15, -0.1) is 0 Å². The van der Waals surface area contributed by atoms with Crippen molar-refractivity contribution < 1.29 is 4.79 Å². The Morgan fingerprint density at radius 3 is 2.60 bits per heavy atom. The number of carbonyl (C=O) groups is 1. The summed E-state index contributed by atoms with van der Waals surface area (Å²) in [4.78, 5) is 19.0. The van der Waals surface area contributed by atoms with Crippen LogP contribution in [0, 0.1) is 11.3 Å². The largest absolute Gasteiger partial charge is 0.376 e. The normalized spacial score (nSPS) is 12.6. The van der Waals surface area contributed by atoms with Crippen molar-refractivity contribution in [1.29, 1.82) is 5.26 Å². The Morgan fingerprint density at radius 2 is 1.87 bits per heavy atom. The summed E-state index contributed by atoms with van der Waals surface area (Å²) < 4.78 is 0. The van der Waals surface area contributed by atoms with Crippen LogP contribution >= 0.6 is 0 Å². The van der Waals surface area contributed by atoms with Gasteiger partial charge in [0.1, 0.15) is 5.82 Å². The fourth-order valence-corrected chi connectivity index (χ4v) is 3.51. The lowest BCUT2D eigenvalue weighted by atomic mass is 10.00. The summed E-state index contributed by atoms with van der Waals surface area (Å²) in [5.74, 6) is 0.859. The molecule has 4 rings (SSSR count). The highest BCUT2D eigenvalue weighted by Gasteiger charge is 2.16. The van der Waals surface area contributed by atoms with Crippen molar-refractivity contribution in [2.24, 2.45) is 0 Å². The first-order valence-electron chi connectivity index (χ1n) is 9.98.